The van der Waals surface area contributed by atoms with Crippen LogP contribution in [0.15, 0.2) is 59.5 Å². The fraction of sp³-hybridized carbons (Fsp3) is 0.158. The van der Waals surface area contributed by atoms with Gasteiger partial charge in [-0.05, 0) is 29.5 Å². The number of carboxylic acid groups (broad SMARTS) is 1. The van der Waals surface area contributed by atoms with Crippen molar-refractivity contribution >= 4 is 57.9 Å². The molecular weight excluding hydrogens is 384 g/mol. The number of esters is 1. The first-order valence-electron chi connectivity index (χ1n) is 7.30. The molecule has 4 nitrogen and oxygen atoms in total. The van der Waals surface area contributed by atoms with E-state index in [-0.39, 0.29) is 47.6 Å². The minimum Gasteiger partial charge on any atom is -1.00 e. The smallest absolute Gasteiger partial charge is 1.00 e. The van der Waals surface area contributed by atoms with Crippen molar-refractivity contribution in [2.45, 2.75) is 11.8 Å². The second kappa shape index (κ2) is 12.0. The summed E-state index contributed by atoms with van der Waals surface area (Å²) >= 11 is 1.59. The topological polar surface area (TPSA) is 66.4 Å². The van der Waals surface area contributed by atoms with Gasteiger partial charge in [0.05, 0.1) is 5.97 Å². The maximum Gasteiger partial charge on any atom is 2.00 e. The van der Waals surface area contributed by atoms with Crippen LogP contribution in [0.3, 0.4) is 0 Å². The molecule has 0 aliphatic carbocycles. The zero-order valence-corrected chi connectivity index (χ0v) is 17.5. The van der Waals surface area contributed by atoms with E-state index in [4.69, 9.17) is 4.74 Å². The van der Waals surface area contributed by atoms with Gasteiger partial charge in [0.1, 0.15) is 6.61 Å². The number of hydrogen-bond acceptors (Lipinski definition) is 5. The Morgan fingerprint density at radius 3 is 2.04 bits per heavy atom. The van der Waals surface area contributed by atoms with Gasteiger partial charge in [0.2, 0.25) is 0 Å². The predicted octanol–water partition coefficient (Wildman–Crippen LogP) is -0.744. The van der Waals surface area contributed by atoms with Crippen LogP contribution in [0.2, 0.25) is 0 Å². The van der Waals surface area contributed by atoms with E-state index in [1.165, 1.54) is 6.92 Å². The SMILES string of the molecule is CSc1ccc(/C(COC(C)=O)=C(/C(=O)[O-])c2ccccc2)cc1.[Cl-].[Mg+2]. The van der Waals surface area contributed by atoms with Crippen LogP contribution in [-0.2, 0) is 14.3 Å². The maximum atomic E-state index is 11.8. The Morgan fingerprint density at radius 2 is 1.58 bits per heavy atom. The van der Waals surface area contributed by atoms with Crippen LogP contribution in [0.4, 0.5) is 0 Å². The van der Waals surface area contributed by atoms with Gasteiger partial charge >= 0.3 is 29.0 Å². The minimum atomic E-state index is -1.31. The summed E-state index contributed by atoms with van der Waals surface area (Å²) in [7, 11) is 0. The molecule has 26 heavy (non-hydrogen) atoms. The standard InChI is InChI=1S/C19H18O4S.ClH.Mg/c1-13(20)23-12-17(14-8-10-16(24-2)11-9-14)18(19(21)22)15-6-4-3-5-7-15;;/h3-11H,12H2,1-2H3,(H,21,22);1H;/q;;+2/p-2/b18-17+;;. The number of halogens is 1. The van der Waals surface area contributed by atoms with Crippen molar-refractivity contribution in [1.29, 1.82) is 0 Å². The molecule has 0 heterocycles. The second-order valence-electron chi connectivity index (χ2n) is 5.02. The third-order valence-corrected chi connectivity index (χ3v) is 4.17. The molecule has 0 amide bonds. The first-order chi connectivity index (χ1) is 11.5. The Labute approximate surface area is 179 Å². The zero-order chi connectivity index (χ0) is 17.5. The number of benzene rings is 2. The Bertz CT molecular complexity index is 761. The van der Waals surface area contributed by atoms with E-state index in [2.05, 4.69) is 0 Å². The molecule has 2 aromatic carbocycles. The Balaban J connectivity index is 0.00000312. The summed E-state index contributed by atoms with van der Waals surface area (Å²) < 4.78 is 5.07. The summed E-state index contributed by atoms with van der Waals surface area (Å²) in [6, 6.07) is 16.1. The molecule has 0 aliphatic rings. The van der Waals surface area contributed by atoms with Crippen molar-refractivity contribution < 1.29 is 31.8 Å². The van der Waals surface area contributed by atoms with Crippen molar-refractivity contribution in [3.63, 3.8) is 0 Å². The van der Waals surface area contributed by atoms with Gasteiger partial charge in [-0.15, -0.1) is 11.8 Å². The second-order valence-corrected chi connectivity index (χ2v) is 5.90. The average Bonchev–Trinajstić information content (AvgIpc) is 2.59. The molecule has 132 valence electrons. The van der Waals surface area contributed by atoms with Crippen molar-refractivity contribution in [3.8, 4) is 0 Å². The Morgan fingerprint density at radius 1 is 1.00 bits per heavy atom. The zero-order valence-electron chi connectivity index (χ0n) is 14.5. The van der Waals surface area contributed by atoms with Crippen molar-refractivity contribution in [1.82, 2.24) is 0 Å². The fourth-order valence-electron chi connectivity index (χ4n) is 2.29. The average molecular weight is 401 g/mol. The molecule has 0 aliphatic heterocycles. The van der Waals surface area contributed by atoms with Crippen LogP contribution < -0.4 is 17.5 Å². The number of rotatable bonds is 6. The molecule has 0 saturated heterocycles. The number of hydrogen-bond donors (Lipinski definition) is 0. The molecule has 0 saturated carbocycles. The van der Waals surface area contributed by atoms with Gasteiger partial charge in [0.25, 0.3) is 0 Å². The Hall–Kier alpha value is -1.47. The third kappa shape index (κ3) is 6.68. The molecule has 0 aromatic heterocycles. The monoisotopic (exact) mass is 400 g/mol. The minimum absolute atomic E-state index is 0. The number of aliphatic carboxylic acids is 1. The molecule has 2 aromatic rings. The predicted molar refractivity (Wildman–Crippen MR) is 98.9 cm³/mol. The quantitative estimate of drug-likeness (QED) is 0.210. The largest absolute Gasteiger partial charge is 2.00 e. The molecule has 0 radical (unpaired) electrons. The molecule has 7 heteroatoms. The van der Waals surface area contributed by atoms with E-state index in [0.29, 0.717) is 16.7 Å². The molecule has 0 unspecified atom stereocenters. The van der Waals surface area contributed by atoms with E-state index in [9.17, 15) is 14.7 Å². The number of carbonyl (C=O) groups is 2. The van der Waals surface area contributed by atoms with E-state index in [1.54, 1.807) is 42.1 Å². The number of ether oxygens (including phenoxy) is 1. The van der Waals surface area contributed by atoms with Crippen LogP contribution in [0.1, 0.15) is 18.1 Å². The molecular formula is C19H17ClMgO4S. The normalized spacial score (nSPS) is 10.7. The first kappa shape index (κ1) is 24.5. The maximum absolute atomic E-state index is 11.8. The van der Waals surface area contributed by atoms with Crippen molar-refractivity contribution in [2.75, 3.05) is 12.9 Å². The van der Waals surface area contributed by atoms with Crippen LogP contribution in [0.5, 0.6) is 0 Å². The van der Waals surface area contributed by atoms with Gasteiger partial charge in [-0.3, -0.25) is 4.79 Å². The molecule has 0 N–H and O–H groups in total. The number of carbonyl (C=O) groups excluding carboxylic acids is 2. The summed E-state index contributed by atoms with van der Waals surface area (Å²) in [5.74, 6) is -1.78. The summed E-state index contributed by atoms with van der Waals surface area (Å²) in [6.07, 6.45) is 1.96. The van der Waals surface area contributed by atoms with E-state index < -0.39 is 11.9 Å². The summed E-state index contributed by atoms with van der Waals surface area (Å²) in [4.78, 5) is 24.0. The van der Waals surface area contributed by atoms with Crippen molar-refractivity contribution in [2.24, 2.45) is 0 Å². The van der Waals surface area contributed by atoms with Gasteiger partial charge in [0, 0.05) is 23.0 Å². The first-order valence-corrected chi connectivity index (χ1v) is 8.53. The van der Waals surface area contributed by atoms with Crippen LogP contribution in [0, 0.1) is 0 Å². The van der Waals surface area contributed by atoms with Gasteiger partial charge in [-0.1, -0.05) is 42.5 Å². The van der Waals surface area contributed by atoms with Crippen LogP contribution >= 0.6 is 11.8 Å². The van der Waals surface area contributed by atoms with E-state index in [1.807, 2.05) is 30.5 Å². The number of carboxylic acids is 1. The van der Waals surface area contributed by atoms with E-state index in [0.717, 1.165) is 4.90 Å². The van der Waals surface area contributed by atoms with Gasteiger partial charge in [-0.25, -0.2) is 0 Å². The molecule has 0 spiro atoms. The molecule has 0 atom stereocenters. The fourth-order valence-corrected chi connectivity index (χ4v) is 2.69. The summed E-state index contributed by atoms with van der Waals surface area (Å²) in [6.45, 7) is 1.15. The van der Waals surface area contributed by atoms with Crippen LogP contribution in [0.25, 0.3) is 11.1 Å². The third-order valence-electron chi connectivity index (χ3n) is 3.43. The van der Waals surface area contributed by atoms with Gasteiger partial charge in [0.15, 0.2) is 0 Å². The van der Waals surface area contributed by atoms with Crippen LogP contribution in [-0.4, -0.2) is 47.9 Å². The van der Waals surface area contributed by atoms with Gasteiger partial charge < -0.3 is 27.0 Å². The molecule has 2 rings (SSSR count). The molecule has 0 bridgehead atoms. The molecule has 0 fully saturated rings. The number of thioether (sulfide) groups is 1. The Kier molecular flexibility index (Phi) is 11.3. The summed E-state index contributed by atoms with van der Waals surface area (Å²) in [5, 5.41) is 11.8. The van der Waals surface area contributed by atoms with E-state index >= 15 is 0 Å². The van der Waals surface area contributed by atoms with Gasteiger partial charge in [-0.2, -0.15) is 0 Å². The summed E-state index contributed by atoms with van der Waals surface area (Å²) in [5.41, 5.74) is 1.61. The van der Waals surface area contributed by atoms with Crippen molar-refractivity contribution in [3.05, 3.63) is 65.7 Å².